The van der Waals surface area contributed by atoms with Crippen LogP contribution in [0.3, 0.4) is 0 Å². The molecule has 0 spiro atoms. The van der Waals surface area contributed by atoms with Gasteiger partial charge in [0.15, 0.2) is 0 Å². The van der Waals surface area contributed by atoms with Crippen molar-refractivity contribution < 1.29 is 14.4 Å². The first-order valence-electron chi connectivity index (χ1n) is 7.23. The Morgan fingerprint density at radius 2 is 1.60 bits per heavy atom. The minimum absolute atomic E-state index is 0.139. The van der Waals surface area contributed by atoms with E-state index in [1.54, 1.807) is 24.3 Å². The largest absolute Gasteiger partial charge is 0.323 e. The van der Waals surface area contributed by atoms with Crippen LogP contribution < -0.4 is 5.32 Å². The molecule has 0 radical (unpaired) electrons. The van der Waals surface area contributed by atoms with Gasteiger partial charge in [0.1, 0.15) is 6.04 Å². The van der Waals surface area contributed by atoms with Crippen LogP contribution >= 0.6 is 39.1 Å². The van der Waals surface area contributed by atoms with Crippen molar-refractivity contribution in [2.45, 2.75) is 13.0 Å². The maximum absolute atomic E-state index is 12.6. The highest BCUT2D eigenvalue weighted by Crippen LogP contribution is 2.32. The van der Waals surface area contributed by atoms with Gasteiger partial charge in [-0.1, -0.05) is 35.3 Å². The number of imide groups is 1. The monoisotopic (exact) mass is 440 g/mol. The molecule has 3 amide bonds. The fraction of sp³-hybridized carbons (Fsp3) is 0.118. The van der Waals surface area contributed by atoms with Crippen molar-refractivity contribution >= 4 is 62.5 Å². The molecule has 0 aromatic heterocycles. The first-order valence-corrected chi connectivity index (χ1v) is 8.78. The molecule has 3 rings (SSSR count). The lowest BCUT2D eigenvalue weighted by molar-refractivity contribution is -0.119. The lowest BCUT2D eigenvalue weighted by Gasteiger charge is -2.22. The zero-order chi connectivity index (χ0) is 18.3. The third-order valence-electron chi connectivity index (χ3n) is 3.86. The maximum atomic E-state index is 12.6. The zero-order valence-corrected chi connectivity index (χ0v) is 15.9. The van der Waals surface area contributed by atoms with Gasteiger partial charge in [-0.25, -0.2) is 0 Å². The average molecular weight is 442 g/mol. The fourth-order valence-corrected chi connectivity index (χ4v) is 3.23. The Labute approximate surface area is 162 Å². The number of carbonyl (C=O) groups excluding carboxylic acids is 3. The first-order chi connectivity index (χ1) is 11.8. The summed E-state index contributed by atoms with van der Waals surface area (Å²) < 4.78 is 0.691. The highest BCUT2D eigenvalue weighted by molar-refractivity contribution is 9.10. The van der Waals surface area contributed by atoms with Crippen LogP contribution in [-0.2, 0) is 4.79 Å². The van der Waals surface area contributed by atoms with E-state index in [1.807, 2.05) is 0 Å². The third-order valence-corrected chi connectivity index (χ3v) is 5.27. The van der Waals surface area contributed by atoms with Crippen molar-refractivity contribution in [3.8, 4) is 0 Å². The van der Waals surface area contributed by atoms with E-state index < -0.39 is 23.8 Å². The molecule has 0 saturated heterocycles. The molecule has 1 unspecified atom stereocenters. The highest BCUT2D eigenvalue weighted by Gasteiger charge is 2.41. The van der Waals surface area contributed by atoms with Gasteiger partial charge in [-0.15, -0.1) is 0 Å². The van der Waals surface area contributed by atoms with Crippen LogP contribution in [0.1, 0.15) is 27.6 Å². The van der Waals surface area contributed by atoms with Gasteiger partial charge in [0.2, 0.25) is 5.91 Å². The summed E-state index contributed by atoms with van der Waals surface area (Å²) in [6.45, 7) is 1.48. The van der Waals surface area contributed by atoms with Gasteiger partial charge < -0.3 is 5.32 Å². The van der Waals surface area contributed by atoms with Gasteiger partial charge in [-0.05, 0) is 47.1 Å². The summed E-state index contributed by atoms with van der Waals surface area (Å²) in [5.41, 5.74) is 0.821. The van der Waals surface area contributed by atoms with Gasteiger partial charge in [0, 0.05) is 4.47 Å². The van der Waals surface area contributed by atoms with E-state index >= 15 is 0 Å². The molecule has 0 aliphatic carbocycles. The number of hydrogen-bond acceptors (Lipinski definition) is 3. The van der Waals surface area contributed by atoms with Crippen LogP contribution in [-0.4, -0.2) is 28.7 Å². The summed E-state index contributed by atoms with van der Waals surface area (Å²) in [6, 6.07) is 8.73. The van der Waals surface area contributed by atoms with Crippen LogP contribution in [0, 0.1) is 0 Å². The minimum Gasteiger partial charge on any atom is -0.323 e. The summed E-state index contributed by atoms with van der Waals surface area (Å²) >= 11 is 15.2. The molecule has 5 nitrogen and oxygen atoms in total. The van der Waals surface area contributed by atoms with Crippen molar-refractivity contribution in [2.75, 3.05) is 5.32 Å². The number of halogens is 3. The predicted molar refractivity (Wildman–Crippen MR) is 99.2 cm³/mol. The van der Waals surface area contributed by atoms with Crippen molar-refractivity contribution in [1.29, 1.82) is 0 Å². The maximum Gasteiger partial charge on any atom is 0.262 e. The number of anilines is 1. The van der Waals surface area contributed by atoms with Crippen LogP contribution in [0.25, 0.3) is 0 Å². The average Bonchev–Trinajstić information content (AvgIpc) is 2.80. The second kappa shape index (κ2) is 6.78. The molecule has 0 fully saturated rings. The molecule has 1 N–H and O–H groups in total. The van der Waals surface area contributed by atoms with E-state index in [0.717, 1.165) is 4.90 Å². The van der Waals surface area contributed by atoms with Crippen molar-refractivity contribution in [3.63, 3.8) is 0 Å². The molecule has 128 valence electrons. The van der Waals surface area contributed by atoms with E-state index in [1.165, 1.54) is 19.1 Å². The number of amides is 3. The van der Waals surface area contributed by atoms with Crippen LogP contribution in [0.4, 0.5) is 5.69 Å². The Bertz CT molecular complexity index is 876. The van der Waals surface area contributed by atoms with E-state index in [2.05, 4.69) is 21.2 Å². The molecule has 1 atom stereocenters. The Kier molecular flexibility index (Phi) is 4.86. The minimum atomic E-state index is -1.00. The number of nitrogens with zero attached hydrogens (tertiary/aromatic N) is 1. The third kappa shape index (κ3) is 3.17. The standard InChI is InChI=1S/C17H11BrCl2N2O3/c1-8(15(23)21-14-5-3-2-4-11(14)18)22-16(24)9-6-12(19)13(20)7-10(9)17(22)25/h2-8H,1H3,(H,21,23). The second-order valence-corrected chi connectivity index (χ2v) is 7.11. The number of para-hydroxylation sites is 1. The first kappa shape index (κ1) is 17.9. The smallest absolute Gasteiger partial charge is 0.262 e. The Morgan fingerprint density at radius 1 is 1.08 bits per heavy atom. The van der Waals surface area contributed by atoms with Gasteiger partial charge in [-0.3, -0.25) is 19.3 Å². The van der Waals surface area contributed by atoms with Gasteiger partial charge >= 0.3 is 0 Å². The molecule has 0 saturated carbocycles. The number of hydrogen-bond donors (Lipinski definition) is 1. The number of fused-ring (bicyclic) bond motifs is 1. The molecule has 1 aliphatic rings. The van der Waals surface area contributed by atoms with Crippen molar-refractivity contribution in [3.05, 3.63) is 62.0 Å². The van der Waals surface area contributed by atoms with Crippen molar-refractivity contribution in [1.82, 2.24) is 4.90 Å². The summed E-state index contributed by atoms with van der Waals surface area (Å²) in [4.78, 5) is 38.5. The number of benzene rings is 2. The zero-order valence-electron chi connectivity index (χ0n) is 12.8. The lowest BCUT2D eigenvalue weighted by atomic mass is 10.1. The second-order valence-electron chi connectivity index (χ2n) is 5.44. The quantitative estimate of drug-likeness (QED) is 0.718. The molecular formula is C17H11BrCl2N2O3. The van der Waals surface area contributed by atoms with Crippen LogP contribution in [0.5, 0.6) is 0 Å². The predicted octanol–water partition coefficient (Wildman–Crippen LogP) is 4.38. The Balaban J connectivity index is 1.87. The van der Waals surface area contributed by atoms with Gasteiger partial charge in [0.25, 0.3) is 11.8 Å². The van der Waals surface area contributed by atoms with Crippen molar-refractivity contribution in [2.24, 2.45) is 0 Å². The Hall–Kier alpha value is -1.89. The van der Waals surface area contributed by atoms with Gasteiger partial charge in [0.05, 0.1) is 26.9 Å². The number of nitrogens with one attached hydrogen (secondary N) is 1. The molecule has 0 bridgehead atoms. The molecule has 25 heavy (non-hydrogen) atoms. The normalized spacial score (nSPS) is 14.5. The number of rotatable bonds is 3. The Morgan fingerprint density at radius 3 is 2.12 bits per heavy atom. The molecule has 1 heterocycles. The molecular weight excluding hydrogens is 431 g/mol. The molecule has 1 aliphatic heterocycles. The molecule has 8 heteroatoms. The topological polar surface area (TPSA) is 66.5 Å². The molecule has 2 aromatic carbocycles. The van der Waals surface area contributed by atoms with E-state index in [0.29, 0.717) is 10.2 Å². The fourth-order valence-electron chi connectivity index (χ4n) is 2.52. The van der Waals surface area contributed by atoms with E-state index in [-0.39, 0.29) is 21.2 Å². The SMILES string of the molecule is CC(C(=O)Nc1ccccc1Br)N1C(=O)c2cc(Cl)c(Cl)cc2C1=O. The summed E-state index contributed by atoms with van der Waals surface area (Å²) in [6.07, 6.45) is 0. The lowest BCUT2D eigenvalue weighted by Crippen LogP contribution is -2.45. The van der Waals surface area contributed by atoms with Gasteiger partial charge in [-0.2, -0.15) is 0 Å². The highest BCUT2D eigenvalue weighted by atomic mass is 79.9. The molecule has 2 aromatic rings. The van der Waals surface area contributed by atoms with E-state index in [4.69, 9.17) is 23.2 Å². The summed E-state index contributed by atoms with van der Waals surface area (Å²) in [5.74, 6) is -1.64. The number of carbonyl (C=O) groups is 3. The summed E-state index contributed by atoms with van der Waals surface area (Å²) in [5, 5.41) is 3.04. The van der Waals surface area contributed by atoms with E-state index in [9.17, 15) is 14.4 Å². The van der Waals surface area contributed by atoms with Crippen LogP contribution in [0.15, 0.2) is 40.9 Å². The van der Waals surface area contributed by atoms with Crippen LogP contribution in [0.2, 0.25) is 10.0 Å². The summed E-state index contributed by atoms with van der Waals surface area (Å²) in [7, 11) is 0.